The van der Waals surface area contributed by atoms with E-state index in [0.717, 1.165) is 0 Å². The molecular weight excluding hydrogens is 221 g/mol. The molecule has 0 spiro atoms. The van der Waals surface area contributed by atoms with E-state index in [2.05, 4.69) is 5.10 Å². The van der Waals surface area contributed by atoms with Crippen LogP contribution in [0.1, 0.15) is 22.8 Å². The number of aliphatic hydroxyl groups excluding tert-OH is 1. The Kier molecular flexibility index (Phi) is 2.85. The summed E-state index contributed by atoms with van der Waals surface area (Å²) in [5.74, 6) is 0.111. The number of aryl methyl sites for hydroxylation is 2. The van der Waals surface area contributed by atoms with Crippen LogP contribution in [0.3, 0.4) is 0 Å². The Bertz CT molecular complexity index is 551. The monoisotopic (exact) mass is 235 g/mol. The number of rotatable bonds is 2. The fourth-order valence-corrected chi connectivity index (χ4v) is 1.69. The highest BCUT2D eigenvalue weighted by atomic mass is 19.1. The molecule has 17 heavy (non-hydrogen) atoms. The van der Waals surface area contributed by atoms with E-state index >= 15 is 0 Å². The van der Waals surface area contributed by atoms with Crippen LogP contribution in [-0.2, 0) is 7.05 Å². The standard InChI is InChI=1S/C12H14FN3O/c1-7-5-8(3-4-10(7)13)11(17)9-6-15-16(2)12(9)14/h3-6,11,17H,14H2,1-2H3. The van der Waals surface area contributed by atoms with E-state index in [1.54, 1.807) is 26.1 Å². The van der Waals surface area contributed by atoms with E-state index in [0.29, 0.717) is 22.5 Å². The lowest BCUT2D eigenvalue weighted by Crippen LogP contribution is -2.05. The van der Waals surface area contributed by atoms with Crippen molar-refractivity contribution in [3.8, 4) is 0 Å². The van der Waals surface area contributed by atoms with Crippen LogP contribution in [0.2, 0.25) is 0 Å². The van der Waals surface area contributed by atoms with Crippen LogP contribution < -0.4 is 5.73 Å². The zero-order chi connectivity index (χ0) is 12.6. The van der Waals surface area contributed by atoms with Crippen LogP contribution in [0.5, 0.6) is 0 Å². The highest BCUT2D eigenvalue weighted by Crippen LogP contribution is 2.27. The third-order valence-corrected chi connectivity index (χ3v) is 2.81. The first-order chi connectivity index (χ1) is 8.00. The molecule has 0 aliphatic rings. The minimum absolute atomic E-state index is 0.292. The average molecular weight is 235 g/mol. The minimum Gasteiger partial charge on any atom is -0.384 e. The summed E-state index contributed by atoms with van der Waals surface area (Å²) in [7, 11) is 1.70. The van der Waals surface area contributed by atoms with Crippen LogP contribution in [0.15, 0.2) is 24.4 Å². The number of aromatic nitrogens is 2. The van der Waals surface area contributed by atoms with Gasteiger partial charge >= 0.3 is 0 Å². The summed E-state index contributed by atoms with van der Waals surface area (Å²) in [6, 6.07) is 4.48. The first-order valence-electron chi connectivity index (χ1n) is 5.22. The summed E-state index contributed by atoms with van der Waals surface area (Å²) >= 11 is 0. The van der Waals surface area contributed by atoms with Gasteiger partial charge < -0.3 is 10.8 Å². The smallest absolute Gasteiger partial charge is 0.127 e. The van der Waals surface area contributed by atoms with Crippen LogP contribution in [0.25, 0.3) is 0 Å². The second-order valence-corrected chi connectivity index (χ2v) is 4.02. The van der Waals surface area contributed by atoms with Crippen LogP contribution in [0.4, 0.5) is 10.2 Å². The van der Waals surface area contributed by atoms with Crippen molar-refractivity contribution in [3.05, 3.63) is 46.9 Å². The molecule has 0 aliphatic carbocycles. The quantitative estimate of drug-likeness (QED) is 0.829. The first-order valence-corrected chi connectivity index (χ1v) is 5.22. The van der Waals surface area contributed by atoms with Crippen molar-refractivity contribution in [3.63, 3.8) is 0 Å². The second-order valence-electron chi connectivity index (χ2n) is 4.02. The Morgan fingerprint density at radius 2 is 2.18 bits per heavy atom. The van der Waals surface area contributed by atoms with Gasteiger partial charge in [-0.2, -0.15) is 5.10 Å². The molecular formula is C12H14FN3O. The largest absolute Gasteiger partial charge is 0.384 e. The summed E-state index contributed by atoms with van der Waals surface area (Å²) in [4.78, 5) is 0. The molecule has 0 saturated heterocycles. The lowest BCUT2D eigenvalue weighted by molar-refractivity contribution is 0.221. The Labute approximate surface area is 98.5 Å². The van der Waals surface area contributed by atoms with Crippen molar-refractivity contribution >= 4 is 5.82 Å². The van der Waals surface area contributed by atoms with Gasteiger partial charge in [0.25, 0.3) is 0 Å². The Balaban J connectivity index is 2.40. The highest BCUT2D eigenvalue weighted by molar-refractivity contribution is 5.44. The maximum Gasteiger partial charge on any atom is 0.127 e. The molecule has 0 bridgehead atoms. The first kappa shape index (κ1) is 11.6. The number of benzene rings is 1. The molecule has 2 aromatic rings. The number of anilines is 1. The lowest BCUT2D eigenvalue weighted by atomic mass is 10.0. The number of hydrogen-bond acceptors (Lipinski definition) is 3. The maximum atomic E-state index is 13.1. The lowest BCUT2D eigenvalue weighted by Gasteiger charge is -2.11. The summed E-state index contributed by atoms with van der Waals surface area (Å²) in [6.45, 7) is 1.65. The topological polar surface area (TPSA) is 64.1 Å². The molecule has 3 N–H and O–H groups in total. The normalized spacial score (nSPS) is 12.7. The number of nitrogen functional groups attached to an aromatic ring is 1. The van der Waals surface area contributed by atoms with Gasteiger partial charge in [-0.25, -0.2) is 4.39 Å². The van der Waals surface area contributed by atoms with Crippen LogP contribution in [-0.4, -0.2) is 14.9 Å². The Hall–Kier alpha value is -1.88. The van der Waals surface area contributed by atoms with Crippen LogP contribution in [0, 0.1) is 12.7 Å². The molecule has 0 amide bonds. The molecule has 1 unspecified atom stereocenters. The van der Waals surface area contributed by atoms with E-state index in [-0.39, 0.29) is 5.82 Å². The summed E-state index contributed by atoms with van der Waals surface area (Å²) in [6.07, 6.45) is 0.626. The van der Waals surface area contributed by atoms with Crippen molar-refractivity contribution in [2.45, 2.75) is 13.0 Å². The van der Waals surface area contributed by atoms with Crippen molar-refractivity contribution in [1.29, 1.82) is 0 Å². The molecule has 0 radical (unpaired) electrons. The SMILES string of the molecule is Cc1cc(C(O)c2cnn(C)c2N)ccc1F. The fourth-order valence-electron chi connectivity index (χ4n) is 1.69. The molecule has 1 aromatic heterocycles. The van der Waals surface area contributed by atoms with Gasteiger partial charge in [0.2, 0.25) is 0 Å². The van der Waals surface area contributed by atoms with Gasteiger partial charge in [0.05, 0.1) is 6.20 Å². The predicted octanol–water partition coefficient (Wildman–Crippen LogP) is 1.53. The zero-order valence-electron chi connectivity index (χ0n) is 9.68. The summed E-state index contributed by atoms with van der Waals surface area (Å²) in [5.41, 5.74) is 7.39. The van der Waals surface area contributed by atoms with E-state index in [4.69, 9.17) is 5.73 Å². The van der Waals surface area contributed by atoms with Gasteiger partial charge in [0.15, 0.2) is 0 Å². The van der Waals surface area contributed by atoms with E-state index < -0.39 is 6.10 Å². The number of hydrogen-bond donors (Lipinski definition) is 2. The van der Waals surface area contributed by atoms with Gasteiger partial charge in [-0.15, -0.1) is 0 Å². The van der Waals surface area contributed by atoms with Gasteiger partial charge in [-0.1, -0.05) is 12.1 Å². The van der Waals surface area contributed by atoms with E-state index in [1.165, 1.54) is 16.9 Å². The van der Waals surface area contributed by atoms with Crippen molar-refractivity contribution in [2.75, 3.05) is 5.73 Å². The van der Waals surface area contributed by atoms with Gasteiger partial charge in [0.1, 0.15) is 17.7 Å². The molecule has 5 heteroatoms. The number of nitrogens with two attached hydrogens (primary N) is 1. The second kappa shape index (κ2) is 4.18. The molecule has 2 rings (SSSR count). The molecule has 0 saturated carbocycles. The van der Waals surface area contributed by atoms with E-state index in [1.807, 2.05) is 0 Å². The predicted molar refractivity (Wildman–Crippen MR) is 62.8 cm³/mol. The Morgan fingerprint density at radius 3 is 2.71 bits per heavy atom. The molecule has 0 aliphatic heterocycles. The average Bonchev–Trinajstić information content (AvgIpc) is 2.63. The molecule has 1 atom stereocenters. The number of nitrogens with zero attached hydrogens (tertiary/aromatic N) is 2. The fraction of sp³-hybridized carbons (Fsp3) is 0.250. The van der Waals surface area contributed by atoms with Crippen LogP contribution >= 0.6 is 0 Å². The van der Waals surface area contributed by atoms with Crippen molar-refractivity contribution in [1.82, 2.24) is 9.78 Å². The number of halogens is 1. The Morgan fingerprint density at radius 1 is 1.47 bits per heavy atom. The van der Waals surface area contributed by atoms with Gasteiger partial charge in [-0.05, 0) is 24.1 Å². The molecule has 4 nitrogen and oxygen atoms in total. The highest BCUT2D eigenvalue weighted by Gasteiger charge is 2.17. The zero-order valence-corrected chi connectivity index (χ0v) is 9.68. The molecule has 0 fully saturated rings. The maximum absolute atomic E-state index is 13.1. The van der Waals surface area contributed by atoms with Gasteiger partial charge in [0, 0.05) is 12.6 Å². The van der Waals surface area contributed by atoms with Crippen molar-refractivity contribution in [2.24, 2.45) is 7.05 Å². The minimum atomic E-state index is -0.886. The van der Waals surface area contributed by atoms with Crippen molar-refractivity contribution < 1.29 is 9.50 Å². The third-order valence-electron chi connectivity index (χ3n) is 2.81. The molecule has 1 aromatic carbocycles. The van der Waals surface area contributed by atoms with E-state index in [9.17, 15) is 9.50 Å². The molecule has 90 valence electrons. The third kappa shape index (κ3) is 2.01. The van der Waals surface area contributed by atoms with Gasteiger partial charge in [-0.3, -0.25) is 4.68 Å². The summed E-state index contributed by atoms with van der Waals surface area (Å²) in [5, 5.41) is 14.1. The summed E-state index contributed by atoms with van der Waals surface area (Å²) < 4.78 is 14.6. The number of aliphatic hydroxyl groups is 1. The molecule has 1 heterocycles.